The molecular formula is C17H22N2O3S. The minimum absolute atomic E-state index is 0.162. The number of benzene rings is 1. The van der Waals surface area contributed by atoms with Crippen LogP contribution in [0.15, 0.2) is 36.5 Å². The van der Waals surface area contributed by atoms with Crippen LogP contribution in [0.4, 0.5) is 0 Å². The Balaban J connectivity index is 1.81. The Bertz CT molecular complexity index is 613. The van der Waals surface area contributed by atoms with Gasteiger partial charge in [-0.1, -0.05) is 44.2 Å². The lowest BCUT2D eigenvalue weighted by Crippen LogP contribution is -2.34. The van der Waals surface area contributed by atoms with Crippen molar-refractivity contribution in [2.24, 2.45) is 5.92 Å². The van der Waals surface area contributed by atoms with Crippen LogP contribution in [0.2, 0.25) is 0 Å². The first-order chi connectivity index (χ1) is 11.1. The Morgan fingerprint density at radius 1 is 1.30 bits per heavy atom. The van der Waals surface area contributed by atoms with Gasteiger partial charge in [-0.2, -0.15) is 0 Å². The van der Waals surface area contributed by atoms with Gasteiger partial charge >= 0.3 is 0 Å². The molecule has 1 aromatic carbocycles. The molecule has 0 aliphatic rings. The van der Waals surface area contributed by atoms with Crippen LogP contribution in [-0.4, -0.2) is 41.9 Å². The van der Waals surface area contributed by atoms with Crippen molar-refractivity contribution in [3.63, 3.8) is 0 Å². The molecular weight excluding hydrogens is 312 g/mol. The van der Waals surface area contributed by atoms with Gasteiger partial charge in [-0.15, -0.1) is 11.3 Å². The quantitative estimate of drug-likeness (QED) is 0.778. The predicted octanol–water partition coefficient (Wildman–Crippen LogP) is 2.57. The summed E-state index contributed by atoms with van der Waals surface area (Å²) < 4.78 is 5.35. The fourth-order valence-corrected chi connectivity index (χ4v) is 2.73. The molecule has 0 fully saturated rings. The van der Waals surface area contributed by atoms with Gasteiger partial charge in [-0.05, 0) is 5.92 Å². The topological polar surface area (TPSA) is 71.5 Å². The van der Waals surface area contributed by atoms with Crippen molar-refractivity contribution in [1.29, 1.82) is 0 Å². The van der Waals surface area contributed by atoms with E-state index in [9.17, 15) is 9.90 Å². The first-order valence-corrected chi connectivity index (χ1v) is 8.43. The van der Waals surface area contributed by atoms with Crippen molar-refractivity contribution < 1.29 is 14.6 Å². The van der Waals surface area contributed by atoms with Gasteiger partial charge < -0.3 is 15.2 Å². The lowest BCUT2D eigenvalue weighted by Gasteiger charge is -2.13. The van der Waals surface area contributed by atoms with Crippen LogP contribution in [0, 0.1) is 5.92 Å². The standard InChI is InChI=1S/C17H22N2O3S/c1-12(2)10-22-11-14(20)8-18-16(21)15-9-19-17(23-15)13-6-4-3-5-7-13/h3-7,9,12,14,20H,8,10-11H2,1-2H3,(H,18,21). The zero-order valence-corrected chi connectivity index (χ0v) is 14.2. The van der Waals surface area contributed by atoms with Crippen molar-refractivity contribution in [3.8, 4) is 10.6 Å². The molecule has 5 nitrogen and oxygen atoms in total. The molecule has 124 valence electrons. The average molecular weight is 334 g/mol. The smallest absolute Gasteiger partial charge is 0.263 e. The first-order valence-electron chi connectivity index (χ1n) is 7.61. The number of nitrogens with zero attached hydrogens (tertiary/aromatic N) is 1. The van der Waals surface area contributed by atoms with E-state index in [4.69, 9.17) is 4.74 Å². The second-order valence-corrected chi connectivity index (χ2v) is 6.72. The maximum Gasteiger partial charge on any atom is 0.263 e. The van der Waals surface area contributed by atoms with Crippen LogP contribution >= 0.6 is 11.3 Å². The maximum absolute atomic E-state index is 12.1. The van der Waals surface area contributed by atoms with Gasteiger partial charge in [0.25, 0.3) is 5.91 Å². The second kappa shape index (κ2) is 8.76. The van der Waals surface area contributed by atoms with Crippen LogP contribution in [0.25, 0.3) is 10.6 Å². The number of ether oxygens (including phenoxy) is 1. The summed E-state index contributed by atoms with van der Waals surface area (Å²) in [5, 5.41) is 13.3. The van der Waals surface area contributed by atoms with Gasteiger partial charge in [0.1, 0.15) is 9.88 Å². The molecule has 0 aliphatic heterocycles. The molecule has 0 radical (unpaired) electrons. The van der Waals surface area contributed by atoms with Gasteiger partial charge in [0.05, 0.1) is 18.9 Å². The van der Waals surface area contributed by atoms with E-state index in [2.05, 4.69) is 10.3 Å². The number of carbonyl (C=O) groups excluding carboxylic acids is 1. The van der Waals surface area contributed by atoms with E-state index in [0.29, 0.717) is 17.4 Å². The van der Waals surface area contributed by atoms with E-state index in [1.807, 2.05) is 44.2 Å². The Morgan fingerprint density at radius 2 is 2.04 bits per heavy atom. The summed E-state index contributed by atoms with van der Waals surface area (Å²) >= 11 is 1.33. The number of nitrogens with one attached hydrogen (secondary N) is 1. The highest BCUT2D eigenvalue weighted by atomic mass is 32.1. The van der Waals surface area contributed by atoms with E-state index in [1.54, 1.807) is 6.20 Å². The Morgan fingerprint density at radius 3 is 2.74 bits per heavy atom. The molecule has 1 amide bonds. The summed E-state index contributed by atoms with van der Waals surface area (Å²) in [4.78, 5) is 16.9. The van der Waals surface area contributed by atoms with Crippen LogP contribution in [0.5, 0.6) is 0 Å². The molecule has 0 saturated carbocycles. The maximum atomic E-state index is 12.1. The van der Waals surface area contributed by atoms with Gasteiger partial charge in [-0.3, -0.25) is 4.79 Å². The van der Waals surface area contributed by atoms with E-state index < -0.39 is 6.10 Å². The molecule has 2 rings (SSSR count). The molecule has 0 spiro atoms. The molecule has 0 aliphatic carbocycles. The fraction of sp³-hybridized carbons (Fsp3) is 0.412. The van der Waals surface area contributed by atoms with Crippen molar-refractivity contribution in [2.75, 3.05) is 19.8 Å². The van der Waals surface area contributed by atoms with E-state index in [1.165, 1.54) is 11.3 Å². The Hall–Kier alpha value is -1.76. The molecule has 2 aromatic rings. The number of thiazole rings is 1. The van der Waals surface area contributed by atoms with Crippen molar-refractivity contribution in [1.82, 2.24) is 10.3 Å². The lowest BCUT2D eigenvalue weighted by molar-refractivity contribution is 0.0259. The third-order valence-electron chi connectivity index (χ3n) is 3.01. The third-order valence-corrected chi connectivity index (χ3v) is 4.06. The predicted molar refractivity (Wildman–Crippen MR) is 91.5 cm³/mol. The lowest BCUT2D eigenvalue weighted by atomic mass is 10.2. The number of carbonyl (C=O) groups is 1. The highest BCUT2D eigenvalue weighted by Gasteiger charge is 2.13. The van der Waals surface area contributed by atoms with Gasteiger partial charge in [-0.25, -0.2) is 4.98 Å². The first kappa shape index (κ1) is 17.6. The highest BCUT2D eigenvalue weighted by molar-refractivity contribution is 7.16. The summed E-state index contributed by atoms with van der Waals surface area (Å²) in [5.74, 6) is 0.193. The van der Waals surface area contributed by atoms with E-state index in [-0.39, 0.29) is 19.1 Å². The third kappa shape index (κ3) is 5.74. The normalized spacial score (nSPS) is 12.3. The zero-order chi connectivity index (χ0) is 16.7. The second-order valence-electron chi connectivity index (χ2n) is 5.69. The summed E-state index contributed by atoms with van der Waals surface area (Å²) in [6.45, 7) is 5.07. The van der Waals surface area contributed by atoms with Crippen LogP contribution in [0.3, 0.4) is 0 Å². The van der Waals surface area contributed by atoms with Gasteiger partial charge in [0.15, 0.2) is 0 Å². The molecule has 1 aromatic heterocycles. The number of aliphatic hydroxyl groups is 1. The van der Waals surface area contributed by atoms with Crippen molar-refractivity contribution >= 4 is 17.2 Å². The largest absolute Gasteiger partial charge is 0.389 e. The SMILES string of the molecule is CC(C)COCC(O)CNC(=O)c1cnc(-c2ccccc2)s1. The number of aliphatic hydroxyl groups excluding tert-OH is 1. The summed E-state index contributed by atoms with van der Waals surface area (Å²) in [5.41, 5.74) is 0.985. The molecule has 6 heteroatoms. The molecule has 0 bridgehead atoms. The number of aromatic nitrogens is 1. The van der Waals surface area contributed by atoms with Crippen molar-refractivity contribution in [3.05, 3.63) is 41.4 Å². The highest BCUT2D eigenvalue weighted by Crippen LogP contribution is 2.24. The minimum Gasteiger partial charge on any atom is -0.389 e. The minimum atomic E-state index is -0.709. The molecule has 1 unspecified atom stereocenters. The van der Waals surface area contributed by atoms with Crippen LogP contribution in [0.1, 0.15) is 23.5 Å². The van der Waals surface area contributed by atoms with Crippen molar-refractivity contribution in [2.45, 2.75) is 20.0 Å². The summed E-state index contributed by atoms with van der Waals surface area (Å²) in [6, 6.07) is 9.72. The molecule has 2 N–H and O–H groups in total. The van der Waals surface area contributed by atoms with E-state index in [0.717, 1.165) is 10.6 Å². The molecule has 1 atom stereocenters. The molecule has 1 heterocycles. The van der Waals surface area contributed by atoms with Gasteiger partial charge in [0.2, 0.25) is 0 Å². The number of rotatable bonds is 8. The average Bonchev–Trinajstić information content (AvgIpc) is 3.03. The zero-order valence-electron chi connectivity index (χ0n) is 13.4. The van der Waals surface area contributed by atoms with E-state index >= 15 is 0 Å². The van der Waals surface area contributed by atoms with Gasteiger partial charge in [0, 0.05) is 18.7 Å². The summed E-state index contributed by atoms with van der Waals surface area (Å²) in [7, 11) is 0. The van der Waals surface area contributed by atoms with Crippen LogP contribution < -0.4 is 5.32 Å². The Labute approximate surface area is 140 Å². The monoisotopic (exact) mass is 334 g/mol. The number of hydrogen-bond donors (Lipinski definition) is 2. The summed E-state index contributed by atoms with van der Waals surface area (Å²) in [6.07, 6.45) is 0.850. The number of amides is 1. The Kier molecular flexibility index (Phi) is 6.70. The molecule has 0 saturated heterocycles. The molecule has 23 heavy (non-hydrogen) atoms. The fourth-order valence-electron chi connectivity index (χ4n) is 1.89. The number of hydrogen-bond acceptors (Lipinski definition) is 5. The van der Waals surface area contributed by atoms with Crippen LogP contribution in [-0.2, 0) is 4.74 Å².